The lowest BCUT2D eigenvalue weighted by Crippen LogP contribution is -2.74. The number of hydrogen-bond acceptors (Lipinski definition) is 5. The van der Waals surface area contributed by atoms with Gasteiger partial charge >= 0.3 is 6.03 Å². The Morgan fingerprint density at radius 2 is 2.06 bits per heavy atom. The van der Waals surface area contributed by atoms with Crippen LogP contribution in [0.25, 0.3) is 11.4 Å². The summed E-state index contributed by atoms with van der Waals surface area (Å²) in [4.78, 5) is 19.9. The molecule has 2 fully saturated rings. The molecule has 2 amide bonds. The molecule has 1 saturated heterocycles. The van der Waals surface area contributed by atoms with E-state index >= 15 is 0 Å². The molecule has 1 aliphatic carbocycles. The lowest BCUT2D eigenvalue weighted by molar-refractivity contribution is -0.120. The van der Waals surface area contributed by atoms with Crippen LogP contribution in [0.4, 0.5) is 10.5 Å². The predicted octanol–water partition coefficient (Wildman–Crippen LogP) is 4.15. The maximum atomic E-state index is 13.6. The molecule has 1 aliphatic heterocycles. The Labute approximate surface area is 191 Å². The van der Waals surface area contributed by atoms with Gasteiger partial charge < -0.3 is 14.8 Å². The van der Waals surface area contributed by atoms with Gasteiger partial charge in [0.05, 0.1) is 16.6 Å². The zero-order chi connectivity index (χ0) is 22.5. The lowest BCUT2D eigenvalue weighted by atomic mass is 9.60. The second kappa shape index (κ2) is 7.88. The van der Waals surface area contributed by atoms with E-state index in [9.17, 15) is 4.79 Å². The van der Waals surface area contributed by atoms with Crippen LogP contribution in [0.2, 0.25) is 5.02 Å². The van der Waals surface area contributed by atoms with Gasteiger partial charge in [0.1, 0.15) is 19.0 Å². The Bertz CT molecular complexity index is 1130. The number of aromatic nitrogens is 6. The van der Waals surface area contributed by atoms with Crippen molar-refractivity contribution in [2.75, 3.05) is 5.32 Å². The highest BCUT2D eigenvalue weighted by Crippen LogP contribution is 2.56. The molecule has 1 saturated carbocycles. The SMILES string of the molecule is CC[C@@H](n1cnnc1)[C@@]12C[C@H](C)C[C@@H](C1)N2C(=O)Nc1ccc(Cl)c(-c2ncn(C)n2)c1. The third-order valence-corrected chi connectivity index (χ3v) is 7.22. The van der Waals surface area contributed by atoms with E-state index in [0.29, 0.717) is 28.0 Å². The molecule has 3 heterocycles. The van der Waals surface area contributed by atoms with Gasteiger partial charge in [0.2, 0.25) is 0 Å². The molecule has 2 aromatic heterocycles. The molecule has 2 aliphatic rings. The standard InChI is InChI=1S/C22H27ClN8O/c1-4-19(30-12-25-26-13-30)22-9-14(2)7-16(10-22)31(22)21(32)27-15-5-6-18(23)17(8-15)20-24-11-29(3)28-20/h5-6,8,11-14,16,19H,4,7,9-10H2,1-3H3,(H,27,32)/t14-,16+,19-,22-/m1/s1. The van der Waals surface area contributed by atoms with Gasteiger partial charge in [-0.2, -0.15) is 5.10 Å². The number of piperidine rings is 1. The van der Waals surface area contributed by atoms with Crippen LogP contribution >= 0.6 is 11.6 Å². The number of nitrogens with zero attached hydrogens (tertiary/aromatic N) is 7. The molecule has 32 heavy (non-hydrogen) atoms. The number of hydrogen-bond donors (Lipinski definition) is 1. The molecule has 0 unspecified atom stereocenters. The summed E-state index contributed by atoms with van der Waals surface area (Å²) < 4.78 is 3.68. The van der Waals surface area contributed by atoms with Gasteiger partial charge in [-0.05, 0) is 49.8 Å². The Balaban J connectivity index is 1.43. The van der Waals surface area contributed by atoms with E-state index in [1.807, 2.05) is 12.1 Å². The Morgan fingerprint density at radius 1 is 1.28 bits per heavy atom. The summed E-state index contributed by atoms with van der Waals surface area (Å²) in [7, 11) is 1.80. The fraction of sp³-hybridized carbons (Fsp3) is 0.500. The molecule has 1 aromatic carbocycles. The first kappa shape index (κ1) is 20.9. The Hall–Kier alpha value is -2.94. The van der Waals surface area contributed by atoms with Crippen molar-refractivity contribution >= 4 is 23.3 Å². The monoisotopic (exact) mass is 454 g/mol. The summed E-state index contributed by atoms with van der Waals surface area (Å²) in [5.74, 6) is 1.10. The van der Waals surface area contributed by atoms with E-state index in [4.69, 9.17) is 11.6 Å². The van der Waals surface area contributed by atoms with Crippen LogP contribution in [-0.2, 0) is 7.05 Å². The number of halogens is 1. The number of carbonyl (C=O) groups is 1. The van der Waals surface area contributed by atoms with Crippen LogP contribution in [0.3, 0.4) is 0 Å². The molecule has 168 valence electrons. The number of aryl methyl sites for hydroxylation is 1. The number of anilines is 1. The first-order valence-electron chi connectivity index (χ1n) is 11.0. The molecule has 10 heteroatoms. The molecule has 1 N–H and O–H groups in total. The van der Waals surface area contributed by atoms with Crippen molar-refractivity contribution in [3.8, 4) is 11.4 Å². The summed E-state index contributed by atoms with van der Waals surface area (Å²) in [6, 6.07) is 5.71. The topological polar surface area (TPSA) is 93.8 Å². The molecule has 9 nitrogen and oxygen atoms in total. The molecular formula is C22H27ClN8O. The summed E-state index contributed by atoms with van der Waals surface area (Å²) >= 11 is 6.38. The van der Waals surface area contributed by atoms with Gasteiger partial charge in [0, 0.05) is 24.3 Å². The fourth-order valence-corrected chi connectivity index (χ4v) is 6.03. The van der Waals surface area contributed by atoms with E-state index in [1.54, 1.807) is 36.8 Å². The predicted molar refractivity (Wildman–Crippen MR) is 121 cm³/mol. The van der Waals surface area contributed by atoms with Crippen LogP contribution < -0.4 is 5.32 Å². The minimum absolute atomic E-state index is 0.0815. The third-order valence-electron chi connectivity index (χ3n) is 6.89. The normalized spacial score (nSPS) is 25.3. The zero-order valence-electron chi connectivity index (χ0n) is 18.4. The van der Waals surface area contributed by atoms with Crippen LogP contribution in [0.1, 0.15) is 45.6 Å². The van der Waals surface area contributed by atoms with Crippen molar-refractivity contribution in [3.63, 3.8) is 0 Å². The molecular weight excluding hydrogens is 428 g/mol. The number of benzene rings is 1. The Kier molecular flexibility index (Phi) is 5.16. The van der Waals surface area contributed by atoms with E-state index in [-0.39, 0.29) is 23.7 Å². The van der Waals surface area contributed by atoms with E-state index < -0.39 is 0 Å². The molecule has 0 radical (unpaired) electrons. The number of amides is 2. The molecule has 3 aromatic rings. The van der Waals surface area contributed by atoms with Crippen molar-refractivity contribution in [2.24, 2.45) is 13.0 Å². The van der Waals surface area contributed by atoms with Crippen LogP contribution in [0.15, 0.2) is 37.2 Å². The van der Waals surface area contributed by atoms with Gasteiger partial charge in [-0.3, -0.25) is 4.68 Å². The highest BCUT2D eigenvalue weighted by molar-refractivity contribution is 6.33. The first-order chi connectivity index (χ1) is 15.4. The zero-order valence-corrected chi connectivity index (χ0v) is 19.2. The lowest BCUT2D eigenvalue weighted by Gasteiger charge is -2.66. The van der Waals surface area contributed by atoms with Gasteiger partial charge in [-0.25, -0.2) is 9.78 Å². The minimum atomic E-state index is -0.235. The second-order valence-electron chi connectivity index (χ2n) is 9.08. The summed E-state index contributed by atoms with van der Waals surface area (Å²) in [6.45, 7) is 4.44. The minimum Gasteiger partial charge on any atom is -0.315 e. The van der Waals surface area contributed by atoms with Gasteiger partial charge in [-0.1, -0.05) is 25.4 Å². The molecule has 0 spiro atoms. The van der Waals surface area contributed by atoms with E-state index in [2.05, 4.69) is 48.9 Å². The van der Waals surface area contributed by atoms with Crippen molar-refractivity contribution in [1.29, 1.82) is 0 Å². The molecule has 2 bridgehead atoms. The summed E-state index contributed by atoms with van der Waals surface area (Å²) in [5.41, 5.74) is 1.13. The van der Waals surface area contributed by atoms with E-state index in [1.165, 1.54) is 0 Å². The van der Waals surface area contributed by atoms with Crippen molar-refractivity contribution in [1.82, 2.24) is 34.4 Å². The number of carbonyl (C=O) groups excluding carboxylic acids is 1. The molecule has 4 atom stereocenters. The third kappa shape index (κ3) is 3.35. The van der Waals surface area contributed by atoms with Crippen LogP contribution in [0.5, 0.6) is 0 Å². The highest BCUT2D eigenvalue weighted by Gasteiger charge is 2.61. The number of urea groups is 1. The van der Waals surface area contributed by atoms with Crippen molar-refractivity contribution in [2.45, 2.75) is 57.2 Å². The van der Waals surface area contributed by atoms with Gasteiger partial charge in [-0.15, -0.1) is 10.2 Å². The number of rotatable bonds is 5. The quantitative estimate of drug-likeness (QED) is 0.624. The fourth-order valence-electron chi connectivity index (χ4n) is 5.83. The van der Waals surface area contributed by atoms with Crippen LogP contribution in [0, 0.1) is 5.92 Å². The van der Waals surface area contributed by atoms with Gasteiger partial charge in [0.15, 0.2) is 5.82 Å². The maximum absolute atomic E-state index is 13.6. The summed E-state index contributed by atoms with van der Waals surface area (Å²) in [5, 5.41) is 16.0. The average Bonchev–Trinajstić information content (AvgIpc) is 3.41. The van der Waals surface area contributed by atoms with Gasteiger partial charge in [0.25, 0.3) is 0 Å². The number of fused-ring (bicyclic) bond motifs is 2. The van der Waals surface area contributed by atoms with Crippen LogP contribution in [-0.4, -0.2) is 52.0 Å². The molecule has 5 rings (SSSR count). The highest BCUT2D eigenvalue weighted by atomic mass is 35.5. The largest absolute Gasteiger partial charge is 0.322 e. The smallest absolute Gasteiger partial charge is 0.315 e. The maximum Gasteiger partial charge on any atom is 0.322 e. The summed E-state index contributed by atoms with van der Waals surface area (Å²) in [6.07, 6.45) is 9.05. The van der Waals surface area contributed by atoms with Crippen molar-refractivity contribution in [3.05, 3.63) is 42.2 Å². The Morgan fingerprint density at radius 3 is 2.75 bits per heavy atom. The first-order valence-corrected chi connectivity index (χ1v) is 11.4. The second-order valence-corrected chi connectivity index (χ2v) is 9.48. The number of nitrogens with one attached hydrogen (secondary N) is 1. The van der Waals surface area contributed by atoms with Crippen molar-refractivity contribution < 1.29 is 4.79 Å². The average molecular weight is 455 g/mol. The number of likely N-dealkylation sites (tertiary alicyclic amines) is 1. The van der Waals surface area contributed by atoms with E-state index in [0.717, 1.165) is 25.7 Å².